The fourth-order valence-corrected chi connectivity index (χ4v) is 4.56. The number of benzene rings is 1. The summed E-state index contributed by atoms with van der Waals surface area (Å²) >= 11 is 3.33. The zero-order valence-electron chi connectivity index (χ0n) is 14.1. The van der Waals surface area contributed by atoms with E-state index in [1.165, 1.54) is 0 Å². The van der Waals surface area contributed by atoms with Gasteiger partial charge in [0.25, 0.3) is 5.91 Å². The van der Waals surface area contributed by atoms with Gasteiger partial charge in [-0.15, -0.1) is 23.1 Å². The van der Waals surface area contributed by atoms with Gasteiger partial charge in [-0.2, -0.15) is 0 Å². The summed E-state index contributed by atoms with van der Waals surface area (Å²) in [4.78, 5) is 31.0. The summed E-state index contributed by atoms with van der Waals surface area (Å²) in [6.07, 6.45) is 0.517. The van der Waals surface area contributed by atoms with E-state index in [1.807, 2.05) is 38.1 Å². The standard InChI is InChI=1S/C18H20N2O3S2/c1-11-16(18(22)23)7-8-20(11)17(21)13-3-5-15(6-4-13)25-10-14-9-24-12(2)19-14/h3-6,9,11,16H,7-8,10H2,1-2H3,(H,22,23). The Bertz CT molecular complexity index is 773. The molecule has 1 saturated heterocycles. The summed E-state index contributed by atoms with van der Waals surface area (Å²) in [5.41, 5.74) is 1.67. The van der Waals surface area contributed by atoms with Gasteiger partial charge >= 0.3 is 5.97 Å². The molecule has 0 saturated carbocycles. The fraction of sp³-hybridized carbons (Fsp3) is 0.389. The lowest BCUT2D eigenvalue weighted by molar-refractivity contribution is -0.142. The van der Waals surface area contributed by atoms with Gasteiger partial charge in [0.2, 0.25) is 0 Å². The summed E-state index contributed by atoms with van der Waals surface area (Å²) in [5, 5.41) is 12.3. The normalized spacial score (nSPS) is 20.0. The molecule has 2 heterocycles. The summed E-state index contributed by atoms with van der Waals surface area (Å²) < 4.78 is 0. The van der Waals surface area contributed by atoms with Crippen molar-refractivity contribution in [2.24, 2.45) is 5.92 Å². The molecule has 2 unspecified atom stereocenters. The van der Waals surface area contributed by atoms with Gasteiger partial charge in [-0.1, -0.05) is 0 Å². The average Bonchev–Trinajstić information content (AvgIpc) is 3.18. The minimum atomic E-state index is -0.827. The van der Waals surface area contributed by atoms with Crippen LogP contribution in [0, 0.1) is 12.8 Å². The highest BCUT2D eigenvalue weighted by atomic mass is 32.2. The van der Waals surface area contributed by atoms with Crippen LogP contribution in [0.15, 0.2) is 34.5 Å². The summed E-state index contributed by atoms with van der Waals surface area (Å²) in [6, 6.07) is 7.24. The molecule has 0 radical (unpaired) electrons. The molecule has 3 rings (SSSR count). The molecule has 1 fully saturated rings. The largest absolute Gasteiger partial charge is 0.481 e. The molecule has 5 nitrogen and oxygen atoms in total. The number of aryl methyl sites for hydroxylation is 1. The molecule has 0 spiro atoms. The highest BCUT2D eigenvalue weighted by Gasteiger charge is 2.38. The van der Waals surface area contributed by atoms with Gasteiger partial charge in [0, 0.05) is 34.2 Å². The Morgan fingerprint density at radius 3 is 2.64 bits per heavy atom. The first-order chi connectivity index (χ1) is 12.0. The van der Waals surface area contributed by atoms with E-state index in [1.54, 1.807) is 28.0 Å². The van der Waals surface area contributed by atoms with Crippen LogP contribution >= 0.6 is 23.1 Å². The third kappa shape index (κ3) is 4.04. The van der Waals surface area contributed by atoms with Crippen LogP contribution < -0.4 is 0 Å². The van der Waals surface area contributed by atoms with Gasteiger partial charge in [-0.25, -0.2) is 4.98 Å². The second-order valence-electron chi connectivity index (χ2n) is 6.14. The molecule has 1 N–H and O–H groups in total. The van der Waals surface area contributed by atoms with Crippen molar-refractivity contribution in [3.05, 3.63) is 45.9 Å². The SMILES string of the molecule is Cc1nc(CSc2ccc(C(=O)N3CCC(C(=O)O)C3C)cc2)cs1. The Kier molecular flexibility index (Phi) is 5.44. The molecule has 2 atom stereocenters. The summed E-state index contributed by atoms with van der Waals surface area (Å²) in [5.74, 6) is -0.587. The van der Waals surface area contributed by atoms with Crippen molar-refractivity contribution >= 4 is 35.0 Å². The number of carbonyl (C=O) groups is 2. The molecule has 25 heavy (non-hydrogen) atoms. The van der Waals surface area contributed by atoms with Crippen molar-refractivity contribution in [2.45, 2.75) is 37.0 Å². The Labute approximate surface area is 155 Å². The molecule has 1 aliphatic rings. The number of carbonyl (C=O) groups excluding carboxylic acids is 1. The number of thiazole rings is 1. The predicted octanol–water partition coefficient (Wildman–Crippen LogP) is 3.68. The van der Waals surface area contributed by atoms with Gasteiger partial charge in [0.1, 0.15) is 0 Å². The number of hydrogen-bond donors (Lipinski definition) is 1. The first-order valence-electron chi connectivity index (χ1n) is 8.13. The van der Waals surface area contributed by atoms with Crippen LogP contribution in [0.4, 0.5) is 0 Å². The molecule has 7 heteroatoms. The van der Waals surface area contributed by atoms with E-state index in [0.29, 0.717) is 18.5 Å². The highest BCUT2D eigenvalue weighted by molar-refractivity contribution is 7.98. The van der Waals surface area contributed by atoms with Crippen LogP contribution in [0.2, 0.25) is 0 Å². The lowest BCUT2D eigenvalue weighted by Crippen LogP contribution is -2.37. The summed E-state index contributed by atoms with van der Waals surface area (Å²) in [6.45, 7) is 4.30. The topological polar surface area (TPSA) is 70.5 Å². The van der Waals surface area contributed by atoms with E-state index >= 15 is 0 Å². The second-order valence-corrected chi connectivity index (χ2v) is 8.25. The maximum Gasteiger partial charge on any atom is 0.308 e. The predicted molar refractivity (Wildman–Crippen MR) is 99.1 cm³/mol. The summed E-state index contributed by atoms with van der Waals surface area (Å²) in [7, 11) is 0. The van der Waals surface area contributed by atoms with Crippen LogP contribution in [0.5, 0.6) is 0 Å². The van der Waals surface area contributed by atoms with Crippen LogP contribution in [0.1, 0.15) is 34.4 Å². The minimum absolute atomic E-state index is 0.0945. The number of aliphatic carboxylic acids is 1. The number of rotatable bonds is 5. The Morgan fingerprint density at radius 2 is 2.08 bits per heavy atom. The van der Waals surface area contributed by atoms with Crippen molar-refractivity contribution in [1.82, 2.24) is 9.88 Å². The Morgan fingerprint density at radius 1 is 1.36 bits per heavy atom. The van der Waals surface area contributed by atoms with Crippen molar-refractivity contribution in [2.75, 3.05) is 6.54 Å². The van der Waals surface area contributed by atoms with Crippen molar-refractivity contribution < 1.29 is 14.7 Å². The molecule has 0 bridgehead atoms. The van der Waals surface area contributed by atoms with Crippen molar-refractivity contribution in [3.8, 4) is 0 Å². The number of aromatic nitrogens is 1. The lowest BCUT2D eigenvalue weighted by atomic mass is 10.0. The molecule has 1 aliphatic heterocycles. The Balaban J connectivity index is 1.62. The highest BCUT2D eigenvalue weighted by Crippen LogP contribution is 2.28. The van der Waals surface area contributed by atoms with Crippen molar-refractivity contribution in [3.63, 3.8) is 0 Å². The lowest BCUT2D eigenvalue weighted by Gasteiger charge is -2.23. The number of amides is 1. The molecular formula is C18H20N2O3S2. The smallest absolute Gasteiger partial charge is 0.308 e. The van der Waals surface area contributed by atoms with Gasteiger partial charge in [0.15, 0.2) is 0 Å². The number of hydrogen-bond acceptors (Lipinski definition) is 5. The number of likely N-dealkylation sites (tertiary alicyclic amines) is 1. The quantitative estimate of drug-likeness (QED) is 0.806. The van der Waals surface area contributed by atoms with E-state index in [9.17, 15) is 14.7 Å². The van der Waals surface area contributed by atoms with E-state index in [-0.39, 0.29) is 11.9 Å². The van der Waals surface area contributed by atoms with E-state index in [2.05, 4.69) is 10.4 Å². The van der Waals surface area contributed by atoms with Crippen LogP contribution in [0.3, 0.4) is 0 Å². The molecule has 1 aromatic carbocycles. The van der Waals surface area contributed by atoms with E-state index < -0.39 is 11.9 Å². The third-order valence-electron chi connectivity index (χ3n) is 4.49. The second kappa shape index (κ2) is 7.58. The zero-order valence-corrected chi connectivity index (χ0v) is 15.8. The minimum Gasteiger partial charge on any atom is -0.481 e. The molecular weight excluding hydrogens is 356 g/mol. The number of nitrogens with zero attached hydrogens (tertiary/aromatic N) is 2. The van der Waals surface area contributed by atoms with E-state index in [4.69, 9.17) is 0 Å². The van der Waals surface area contributed by atoms with Gasteiger partial charge in [0.05, 0.1) is 16.6 Å². The Hall–Kier alpha value is -1.86. The third-order valence-corrected chi connectivity index (χ3v) is 6.36. The van der Waals surface area contributed by atoms with Crippen LogP contribution in [-0.4, -0.2) is 39.5 Å². The fourth-order valence-electron chi connectivity index (χ4n) is 3.05. The number of thioether (sulfide) groups is 1. The van der Waals surface area contributed by atoms with Crippen LogP contribution in [-0.2, 0) is 10.5 Å². The van der Waals surface area contributed by atoms with Gasteiger partial charge < -0.3 is 10.0 Å². The zero-order chi connectivity index (χ0) is 18.0. The molecule has 132 valence electrons. The van der Waals surface area contributed by atoms with Gasteiger partial charge in [-0.05, 0) is 44.5 Å². The molecule has 1 aromatic heterocycles. The number of carboxylic acid groups (broad SMARTS) is 1. The molecule has 1 amide bonds. The monoisotopic (exact) mass is 376 g/mol. The van der Waals surface area contributed by atoms with E-state index in [0.717, 1.165) is 21.3 Å². The molecule has 0 aliphatic carbocycles. The number of carboxylic acids is 1. The first kappa shape index (κ1) is 17.9. The first-order valence-corrected chi connectivity index (χ1v) is 10.00. The average molecular weight is 377 g/mol. The van der Waals surface area contributed by atoms with Crippen molar-refractivity contribution in [1.29, 1.82) is 0 Å². The van der Waals surface area contributed by atoms with Crippen LogP contribution in [0.25, 0.3) is 0 Å². The maximum atomic E-state index is 12.6. The molecule has 2 aromatic rings. The van der Waals surface area contributed by atoms with Gasteiger partial charge in [-0.3, -0.25) is 9.59 Å². The maximum absolute atomic E-state index is 12.6.